The van der Waals surface area contributed by atoms with Crippen molar-refractivity contribution in [3.63, 3.8) is 0 Å². The number of esters is 1. The van der Waals surface area contributed by atoms with Gasteiger partial charge in [-0.05, 0) is 39.5 Å². The molecule has 7 heteroatoms. The van der Waals surface area contributed by atoms with Crippen LogP contribution in [0.25, 0.3) is 0 Å². The van der Waals surface area contributed by atoms with Crippen molar-refractivity contribution >= 4 is 15.8 Å². The summed E-state index contributed by atoms with van der Waals surface area (Å²) in [6.07, 6.45) is 3.46. The Bertz CT molecular complexity index is 440. The van der Waals surface area contributed by atoms with Gasteiger partial charge in [0, 0.05) is 18.8 Å². The SMILES string of the molecule is CCOC(=O)C1CCC(O)(CNC(C)CS(C)(=O)=O)CC1. The summed E-state index contributed by atoms with van der Waals surface area (Å²) >= 11 is 0. The van der Waals surface area contributed by atoms with E-state index in [0.29, 0.717) is 38.8 Å². The minimum absolute atomic E-state index is 0.0501. The lowest BCUT2D eigenvalue weighted by Crippen LogP contribution is -2.48. The van der Waals surface area contributed by atoms with Crippen LogP contribution in [0.4, 0.5) is 0 Å². The summed E-state index contributed by atoms with van der Waals surface area (Å²) in [5, 5.41) is 13.6. The van der Waals surface area contributed by atoms with E-state index in [1.165, 1.54) is 6.26 Å². The van der Waals surface area contributed by atoms with Crippen LogP contribution in [0.1, 0.15) is 39.5 Å². The first-order chi connectivity index (χ1) is 9.65. The summed E-state index contributed by atoms with van der Waals surface area (Å²) < 4.78 is 27.4. The number of nitrogens with one attached hydrogen (secondary N) is 1. The molecule has 1 fully saturated rings. The zero-order valence-corrected chi connectivity index (χ0v) is 13.9. The Kier molecular flexibility index (Phi) is 6.62. The van der Waals surface area contributed by atoms with E-state index >= 15 is 0 Å². The average molecular weight is 321 g/mol. The monoisotopic (exact) mass is 321 g/mol. The predicted octanol–water partition coefficient (Wildman–Crippen LogP) is 0.494. The molecule has 1 rings (SSSR count). The molecular weight excluding hydrogens is 294 g/mol. The first kappa shape index (κ1) is 18.4. The molecule has 0 amide bonds. The number of ether oxygens (including phenoxy) is 1. The summed E-state index contributed by atoms with van der Waals surface area (Å²) in [7, 11) is -3.03. The summed E-state index contributed by atoms with van der Waals surface area (Å²) in [5.74, 6) is -0.259. The van der Waals surface area contributed by atoms with Crippen LogP contribution in [0.2, 0.25) is 0 Å². The molecular formula is C14H27NO5S. The minimum Gasteiger partial charge on any atom is -0.466 e. The molecule has 0 aromatic heterocycles. The Labute approximate surface area is 127 Å². The second kappa shape index (κ2) is 7.56. The van der Waals surface area contributed by atoms with Gasteiger partial charge in [0.1, 0.15) is 9.84 Å². The van der Waals surface area contributed by atoms with Crippen molar-refractivity contribution in [1.82, 2.24) is 5.32 Å². The summed E-state index contributed by atoms with van der Waals surface area (Å²) in [5.41, 5.74) is -0.866. The van der Waals surface area contributed by atoms with Crippen molar-refractivity contribution < 1.29 is 23.1 Å². The molecule has 21 heavy (non-hydrogen) atoms. The first-order valence-electron chi connectivity index (χ1n) is 7.45. The Morgan fingerprint density at radius 1 is 1.43 bits per heavy atom. The van der Waals surface area contributed by atoms with Crippen molar-refractivity contribution in [3.05, 3.63) is 0 Å². The van der Waals surface area contributed by atoms with Gasteiger partial charge in [-0.25, -0.2) is 8.42 Å². The van der Waals surface area contributed by atoms with Crippen LogP contribution in [-0.2, 0) is 19.4 Å². The van der Waals surface area contributed by atoms with Crippen LogP contribution in [0.15, 0.2) is 0 Å². The number of hydrogen-bond acceptors (Lipinski definition) is 6. The molecule has 0 aliphatic heterocycles. The molecule has 0 spiro atoms. The van der Waals surface area contributed by atoms with E-state index in [9.17, 15) is 18.3 Å². The van der Waals surface area contributed by atoms with Gasteiger partial charge in [0.05, 0.1) is 23.9 Å². The molecule has 1 aliphatic carbocycles. The second-order valence-electron chi connectivity index (χ2n) is 6.13. The van der Waals surface area contributed by atoms with E-state index in [1.807, 2.05) is 0 Å². The average Bonchev–Trinajstić information content (AvgIpc) is 2.36. The van der Waals surface area contributed by atoms with Crippen LogP contribution in [0.3, 0.4) is 0 Å². The molecule has 0 aromatic carbocycles. The first-order valence-corrected chi connectivity index (χ1v) is 9.51. The Morgan fingerprint density at radius 2 is 2.00 bits per heavy atom. The minimum atomic E-state index is -3.03. The number of hydrogen-bond donors (Lipinski definition) is 2. The fourth-order valence-electron chi connectivity index (χ4n) is 2.70. The standard InChI is InChI=1S/C14H27NO5S/c1-4-20-13(16)12-5-7-14(17,8-6-12)10-15-11(2)9-21(3,18)19/h11-12,15,17H,4-10H2,1-3H3. The van der Waals surface area contributed by atoms with Crippen molar-refractivity contribution in [1.29, 1.82) is 0 Å². The fraction of sp³-hybridized carbons (Fsp3) is 0.929. The smallest absolute Gasteiger partial charge is 0.308 e. The molecule has 0 saturated heterocycles. The van der Waals surface area contributed by atoms with Gasteiger partial charge in [-0.2, -0.15) is 0 Å². The lowest BCUT2D eigenvalue weighted by atomic mass is 9.78. The molecule has 1 aliphatic rings. The van der Waals surface area contributed by atoms with Crippen LogP contribution in [0.5, 0.6) is 0 Å². The van der Waals surface area contributed by atoms with Gasteiger partial charge in [-0.3, -0.25) is 4.79 Å². The number of sulfone groups is 1. The van der Waals surface area contributed by atoms with E-state index in [1.54, 1.807) is 13.8 Å². The highest BCUT2D eigenvalue weighted by Crippen LogP contribution is 2.32. The van der Waals surface area contributed by atoms with Crippen molar-refractivity contribution in [2.45, 2.75) is 51.2 Å². The maximum atomic E-state index is 11.6. The van der Waals surface area contributed by atoms with Crippen molar-refractivity contribution in [2.75, 3.05) is 25.2 Å². The zero-order chi connectivity index (χ0) is 16.1. The predicted molar refractivity (Wildman–Crippen MR) is 80.7 cm³/mol. The quantitative estimate of drug-likeness (QED) is 0.663. The molecule has 0 heterocycles. The summed E-state index contributed by atoms with van der Waals surface area (Å²) in [6, 6.07) is -0.202. The lowest BCUT2D eigenvalue weighted by molar-refractivity contribution is -0.151. The molecule has 0 radical (unpaired) electrons. The van der Waals surface area contributed by atoms with E-state index in [0.717, 1.165) is 0 Å². The largest absolute Gasteiger partial charge is 0.466 e. The molecule has 0 bridgehead atoms. The molecule has 6 nitrogen and oxygen atoms in total. The molecule has 1 atom stereocenters. The summed E-state index contributed by atoms with van der Waals surface area (Å²) in [6.45, 7) is 4.29. The van der Waals surface area contributed by atoms with Crippen LogP contribution in [0, 0.1) is 5.92 Å². The highest BCUT2D eigenvalue weighted by atomic mass is 32.2. The van der Waals surface area contributed by atoms with E-state index in [4.69, 9.17) is 4.74 Å². The highest BCUT2D eigenvalue weighted by Gasteiger charge is 2.36. The van der Waals surface area contributed by atoms with Crippen LogP contribution >= 0.6 is 0 Å². The fourth-order valence-corrected chi connectivity index (χ4v) is 3.73. The Morgan fingerprint density at radius 3 is 2.48 bits per heavy atom. The number of carbonyl (C=O) groups is 1. The van der Waals surface area contributed by atoms with Crippen molar-refractivity contribution in [3.8, 4) is 0 Å². The van der Waals surface area contributed by atoms with Gasteiger partial charge in [0.2, 0.25) is 0 Å². The van der Waals surface area contributed by atoms with Gasteiger partial charge >= 0.3 is 5.97 Å². The number of rotatable bonds is 7. The van der Waals surface area contributed by atoms with Gasteiger partial charge in [-0.15, -0.1) is 0 Å². The zero-order valence-electron chi connectivity index (χ0n) is 13.1. The van der Waals surface area contributed by atoms with Gasteiger partial charge in [-0.1, -0.05) is 0 Å². The summed E-state index contributed by atoms with van der Waals surface area (Å²) in [4.78, 5) is 11.6. The number of carbonyl (C=O) groups excluding carboxylic acids is 1. The van der Waals surface area contributed by atoms with Crippen molar-refractivity contribution in [2.24, 2.45) is 5.92 Å². The molecule has 1 saturated carbocycles. The van der Waals surface area contributed by atoms with Crippen LogP contribution < -0.4 is 5.32 Å². The molecule has 1 unspecified atom stereocenters. The maximum absolute atomic E-state index is 11.6. The van der Waals surface area contributed by atoms with Crippen LogP contribution in [-0.4, -0.2) is 56.3 Å². The third-order valence-electron chi connectivity index (χ3n) is 3.87. The lowest BCUT2D eigenvalue weighted by Gasteiger charge is -2.36. The Hall–Kier alpha value is -0.660. The maximum Gasteiger partial charge on any atom is 0.308 e. The topological polar surface area (TPSA) is 92.7 Å². The van der Waals surface area contributed by atoms with E-state index < -0.39 is 15.4 Å². The second-order valence-corrected chi connectivity index (χ2v) is 8.31. The normalized spacial score (nSPS) is 28.1. The van der Waals surface area contributed by atoms with Gasteiger partial charge in [0.25, 0.3) is 0 Å². The third kappa shape index (κ3) is 6.76. The molecule has 0 aromatic rings. The van der Waals surface area contributed by atoms with Gasteiger partial charge < -0.3 is 15.2 Å². The molecule has 124 valence electrons. The van der Waals surface area contributed by atoms with Gasteiger partial charge in [0.15, 0.2) is 0 Å². The van der Waals surface area contributed by atoms with E-state index in [-0.39, 0.29) is 23.7 Å². The third-order valence-corrected chi connectivity index (χ3v) is 4.97. The highest BCUT2D eigenvalue weighted by molar-refractivity contribution is 7.90. The Balaban J connectivity index is 2.39. The number of aliphatic hydroxyl groups is 1. The molecule has 2 N–H and O–H groups in total. The van der Waals surface area contributed by atoms with E-state index in [2.05, 4.69) is 5.32 Å².